The zero-order chi connectivity index (χ0) is 27.8. The van der Waals surface area contributed by atoms with Gasteiger partial charge < -0.3 is 9.80 Å². The number of hydrogen-bond acceptors (Lipinski definition) is 2. The fourth-order valence-corrected chi connectivity index (χ4v) is 6.16. The standard InChI is InChI=1S/C39H32N2/c1-39(2)35-20-12-13-21-37(35)41(33-18-10-5-11-19-33)38-28-30(24-27-36(38)39)29-22-25-34(26-23-29)40(31-14-6-3-7-15-31)32-16-8-4-9-17-32/h3-28H,1-2H3. The molecule has 0 radical (unpaired) electrons. The van der Waals surface area contributed by atoms with Crippen LogP contribution in [-0.4, -0.2) is 0 Å². The number of nitrogens with zero attached hydrogens (tertiary/aromatic N) is 2. The Kier molecular flexibility index (Phi) is 6.17. The van der Waals surface area contributed by atoms with Gasteiger partial charge in [0, 0.05) is 28.2 Å². The van der Waals surface area contributed by atoms with Crippen LogP contribution in [-0.2, 0) is 5.41 Å². The summed E-state index contributed by atoms with van der Waals surface area (Å²) in [5.74, 6) is 0. The van der Waals surface area contributed by atoms with E-state index in [1.165, 1.54) is 39.3 Å². The van der Waals surface area contributed by atoms with Crippen molar-refractivity contribution in [3.8, 4) is 11.1 Å². The first-order valence-corrected chi connectivity index (χ1v) is 14.2. The monoisotopic (exact) mass is 528 g/mol. The first-order valence-electron chi connectivity index (χ1n) is 14.2. The van der Waals surface area contributed by atoms with Gasteiger partial charge in [-0.25, -0.2) is 0 Å². The molecule has 0 saturated heterocycles. The van der Waals surface area contributed by atoms with Gasteiger partial charge in [0.05, 0.1) is 11.4 Å². The number of benzene rings is 6. The van der Waals surface area contributed by atoms with Crippen molar-refractivity contribution in [2.75, 3.05) is 9.80 Å². The molecule has 2 nitrogen and oxygen atoms in total. The molecule has 0 saturated carbocycles. The molecule has 0 aliphatic carbocycles. The summed E-state index contributed by atoms with van der Waals surface area (Å²) in [7, 11) is 0. The highest BCUT2D eigenvalue weighted by molar-refractivity contribution is 5.88. The molecule has 0 aromatic heterocycles. The van der Waals surface area contributed by atoms with Gasteiger partial charge in [-0.15, -0.1) is 0 Å². The lowest BCUT2D eigenvalue weighted by Gasteiger charge is -2.42. The molecule has 2 heteroatoms. The average Bonchev–Trinajstić information content (AvgIpc) is 3.03. The van der Waals surface area contributed by atoms with Gasteiger partial charge in [0.1, 0.15) is 0 Å². The summed E-state index contributed by atoms with van der Waals surface area (Å²) >= 11 is 0. The Bertz CT molecular complexity index is 1750. The van der Waals surface area contributed by atoms with E-state index in [2.05, 4.69) is 181 Å². The van der Waals surface area contributed by atoms with Crippen LogP contribution in [0.4, 0.5) is 34.1 Å². The second kappa shape index (κ2) is 10.1. The SMILES string of the molecule is CC1(C)c2ccccc2N(c2ccccc2)c2cc(-c3ccc(N(c4ccccc4)c4ccccc4)cc3)ccc21. The molecule has 0 N–H and O–H groups in total. The van der Waals surface area contributed by atoms with Gasteiger partial charge in [0.15, 0.2) is 0 Å². The van der Waals surface area contributed by atoms with Crippen molar-refractivity contribution in [1.29, 1.82) is 0 Å². The van der Waals surface area contributed by atoms with Crippen molar-refractivity contribution in [3.63, 3.8) is 0 Å². The molecule has 1 heterocycles. The third-order valence-electron chi connectivity index (χ3n) is 8.23. The van der Waals surface area contributed by atoms with Gasteiger partial charge in [-0.1, -0.05) is 111 Å². The zero-order valence-electron chi connectivity index (χ0n) is 23.4. The Balaban J connectivity index is 1.32. The number of rotatable bonds is 5. The van der Waals surface area contributed by atoms with Crippen LogP contribution >= 0.6 is 0 Å². The summed E-state index contributed by atoms with van der Waals surface area (Å²) in [4.78, 5) is 4.72. The van der Waals surface area contributed by atoms with Crippen molar-refractivity contribution in [1.82, 2.24) is 0 Å². The molecule has 1 aliphatic rings. The molecule has 7 rings (SSSR count). The normalized spacial score (nSPS) is 13.3. The van der Waals surface area contributed by atoms with E-state index in [1.54, 1.807) is 0 Å². The second-order valence-corrected chi connectivity index (χ2v) is 11.1. The Morgan fingerprint density at radius 1 is 0.439 bits per heavy atom. The molecule has 0 amide bonds. The van der Waals surface area contributed by atoms with Gasteiger partial charge in [-0.2, -0.15) is 0 Å². The van der Waals surface area contributed by atoms with E-state index in [1.807, 2.05) is 0 Å². The molecule has 0 unspecified atom stereocenters. The minimum atomic E-state index is -0.106. The highest BCUT2D eigenvalue weighted by Gasteiger charge is 2.36. The summed E-state index contributed by atoms with van der Waals surface area (Å²) in [5, 5.41) is 0. The molecule has 0 fully saturated rings. The van der Waals surface area contributed by atoms with Crippen LogP contribution in [0.1, 0.15) is 25.0 Å². The average molecular weight is 529 g/mol. The van der Waals surface area contributed by atoms with Crippen LogP contribution in [0.3, 0.4) is 0 Å². The van der Waals surface area contributed by atoms with E-state index in [0.717, 1.165) is 17.1 Å². The van der Waals surface area contributed by atoms with E-state index in [4.69, 9.17) is 0 Å². The molecular formula is C39H32N2. The molecule has 1 aliphatic heterocycles. The Labute approximate surface area is 242 Å². The quantitative estimate of drug-likeness (QED) is 0.220. The summed E-state index contributed by atoms with van der Waals surface area (Å²) in [6.07, 6.45) is 0. The Morgan fingerprint density at radius 2 is 0.927 bits per heavy atom. The molecule has 41 heavy (non-hydrogen) atoms. The lowest BCUT2D eigenvalue weighted by molar-refractivity contribution is 0.632. The summed E-state index contributed by atoms with van der Waals surface area (Å²) in [6, 6.07) is 56.5. The molecule has 0 bridgehead atoms. The first kappa shape index (κ1) is 24.9. The van der Waals surface area contributed by atoms with Gasteiger partial charge in [-0.05, 0) is 82.9 Å². The van der Waals surface area contributed by atoms with E-state index in [0.29, 0.717) is 0 Å². The fourth-order valence-electron chi connectivity index (χ4n) is 6.16. The number of fused-ring (bicyclic) bond motifs is 2. The lowest BCUT2D eigenvalue weighted by atomic mass is 9.73. The van der Waals surface area contributed by atoms with Crippen LogP contribution < -0.4 is 9.80 Å². The third kappa shape index (κ3) is 4.38. The molecule has 6 aromatic rings. The second-order valence-electron chi connectivity index (χ2n) is 11.1. The predicted molar refractivity (Wildman–Crippen MR) is 173 cm³/mol. The van der Waals surface area contributed by atoms with E-state index >= 15 is 0 Å². The van der Waals surface area contributed by atoms with Gasteiger partial charge in [0.25, 0.3) is 0 Å². The first-order chi connectivity index (χ1) is 20.1. The maximum Gasteiger partial charge on any atom is 0.0508 e. The number of anilines is 6. The fraction of sp³-hybridized carbons (Fsp3) is 0.0769. The van der Waals surface area contributed by atoms with Gasteiger partial charge >= 0.3 is 0 Å². The number of para-hydroxylation sites is 4. The highest BCUT2D eigenvalue weighted by Crippen LogP contribution is 2.52. The molecule has 0 spiro atoms. The van der Waals surface area contributed by atoms with Crippen molar-refractivity contribution in [3.05, 3.63) is 169 Å². The Morgan fingerprint density at radius 3 is 1.56 bits per heavy atom. The molecule has 6 aromatic carbocycles. The van der Waals surface area contributed by atoms with Gasteiger partial charge in [-0.3, -0.25) is 0 Å². The topological polar surface area (TPSA) is 6.48 Å². The van der Waals surface area contributed by atoms with Crippen LogP contribution in [0.5, 0.6) is 0 Å². The summed E-state index contributed by atoms with van der Waals surface area (Å²) in [6.45, 7) is 4.67. The van der Waals surface area contributed by atoms with Gasteiger partial charge in [0.2, 0.25) is 0 Å². The smallest absolute Gasteiger partial charge is 0.0508 e. The lowest BCUT2D eigenvalue weighted by Crippen LogP contribution is -2.30. The van der Waals surface area contributed by atoms with Crippen LogP contribution in [0.15, 0.2) is 158 Å². The molecule has 198 valence electrons. The van der Waals surface area contributed by atoms with Crippen molar-refractivity contribution in [2.24, 2.45) is 0 Å². The predicted octanol–water partition coefficient (Wildman–Crippen LogP) is 10.9. The van der Waals surface area contributed by atoms with E-state index < -0.39 is 0 Å². The minimum Gasteiger partial charge on any atom is -0.311 e. The molecule has 0 atom stereocenters. The zero-order valence-corrected chi connectivity index (χ0v) is 23.4. The summed E-state index contributed by atoms with van der Waals surface area (Å²) in [5.41, 5.74) is 12.0. The van der Waals surface area contributed by atoms with Crippen molar-refractivity contribution >= 4 is 34.1 Å². The minimum absolute atomic E-state index is 0.106. The largest absolute Gasteiger partial charge is 0.311 e. The van der Waals surface area contributed by atoms with Crippen LogP contribution in [0.25, 0.3) is 11.1 Å². The summed E-state index contributed by atoms with van der Waals surface area (Å²) < 4.78 is 0. The van der Waals surface area contributed by atoms with E-state index in [-0.39, 0.29) is 5.41 Å². The number of hydrogen-bond donors (Lipinski definition) is 0. The van der Waals surface area contributed by atoms with Crippen molar-refractivity contribution in [2.45, 2.75) is 19.3 Å². The van der Waals surface area contributed by atoms with Crippen LogP contribution in [0, 0.1) is 0 Å². The highest BCUT2D eigenvalue weighted by atomic mass is 15.2. The van der Waals surface area contributed by atoms with E-state index in [9.17, 15) is 0 Å². The maximum absolute atomic E-state index is 2.42. The van der Waals surface area contributed by atoms with Crippen molar-refractivity contribution < 1.29 is 0 Å². The third-order valence-corrected chi connectivity index (χ3v) is 8.23. The van der Waals surface area contributed by atoms with Crippen LogP contribution in [0.2, 0.25) is 0 Å². The Hall–Kier alpha value is -5.08. The molecular weight excluding hydrogens is 496 g/mol. The maximum atomic E-state index is 2.42.